The molecule has 9 aromatic carbocycles. The van der Waals surface area contributed by atoms with Gasteiger partial charge in [0, 0.05) is 47.6 Å². The van der Waals surface area contributed by atoms with Crippen molar-refractivity contribution in [2.45, 2.75) is 0 Å². The van der Waals surface area contributed by atoms with E-state index in [9.17, 15) is 0 Å². The fourth-order valence-electron chi connectivity index (χ4n) is 8.91. The molecule has 0 atom stereocenters. The molecule has 3 heterocycles. The predicted molar refractivity (Wildman–Crippen MR) is 260 cm³/mol. The number of nitrogens with zero attached hydrogens (tertiary/aromatic N) is 4. The number of fused-ring (bicyclic) bond motifs is 7. The van der Waals surface area contributed by atoms with Crippen LogP contribution in [0.25, 0.3) is 115 Å². The first kappa shape index (κ1) is 35.9. The molecule has 0 spiro atoms. The van der Waals surface area contributed by atoms with E-state index in [0.717, 1.165) is 39.0 Å². The molecule has 12 aromatic rings. The smallest absolute Gasteiger partial charge is 0.166 e. The molecule has 0 N–H and O–H groups in total. The van der Waals surface area contributed by atoms with Crippen molar-refractivity contribution in [3.63, 3.8) is 0 Å². The highest BCUT2D eigenvalue weighted by Crippen LogP contribution is 2.46. The van der Waals surface area contributed by atoms with Crippen molar-refractivity contribution < 1.29 is 0 Å². The van der Waals surface area contributed by atoms with Gasteiger partial charge in [-0.15, -0.1) is 11.3 Å². The molecule has 62 heavy (non-hydrogen) atoms. The van der Waals surface area contributed by atoms with E-state index in [1.165, 1.54) is 58.8 Å². The second-order valence-corrected chi connectivity index (χ2v) is 16.6. The monoisotopic (exact) mass is 808 g/mol. The maximum absolute atomic E-state index is 5.24. The molecule has 4 nitrogen and oxygen atoms in total. The van der Waals surface area contributed by atoms with Crippen molar-refractivity contribution in [3.05, 3.63) is 218 Å². The van der Waals surface area contributed by atoms with E-state index in [0.29, 0.717) is 17.5 Å². The summed E-state index contributed by atoms with van der Waals surface area (Å²) in [6.07, 6.45) is 0. The Labute approximate surface area is 362 Å². The normalized spacial score (nSPS) is 11.5. The van der Waals surface area contributed by atoms with Gasteiger partial charge in [0.25, 0.3) is 0 Å². The zero-order valence-corrected chi connectivity index (χ0v) is 34.3. The Kier molecular flexibility index (Phi) is 8.65. The number of para-hydroxylation sites is 2. The molecule has 5 heteroatoms. The van der Waals surface area contributed by atoms with Gasteiger partial charge in [0.15, 0.2) is 17.5 Å². The van der Waals surface area contributed by atoms with Crippen LogP contribution in [0.1, 0.15) is 0 Å². The number of hydrogen-bond acceptors (Lipinski definition) is 4. The first-order valence-electron chi connectivity index (χ1n) is 20.9. The molecular formula is C57H36N4S. The minimum atomic E-state index is 0.619. The predicted octanol–water partition coefficient (Wildman–Crippen LogP) is 15.3. The van der Waals surface area contributed by atoms with Gasteiger partial charge in [0.05, 0.1) is 16.7 Å². The lowest BCUT2D eigenvalue weighted by molar-refractivity contribution is 1.06. The maximum atomic E-state index is 5.24. The van der Waals surface area contributed by atoms with Crippen molar-refractivity contribution in [2.75, 3.05) is 0 Å². The molecule has 0 saturated heterocycles. The molecule has 0 aliphatic rings. The highest BCUT2D eigenvalue weighted by Gasteiger charge is 2.22. The Morgan fingerprint density at radius 1 is 0.290 bits per heavy atom. The molecule has 0 aliphatic heterocycles. The van der Waals surface area contributed by atoms with E-state index >= 15 is 0 Å². The van der Waals surface area contributed by atoms with Gasteiger partial charge >= 0.3 is 0 Å². The Bertz CT molecular complexity index is 3590. The molecule has 0 unspecified atom stereocenters. The van der Waals surface area contributed by atoms with Crippen LogP contribution in [0, 0.1) is 0 Å². The number of hydrogen-bond donors (Lipinski definition) is 0. The first-order chi connectivity index (χ1) is 30.7. The first-order valence-corrected chi connectivity index (χ1v) is 21.7. The SMILES string of the molecule is c1ccc(-c2ccc(-c3nc(-c4ccccc4)nc(-c4ccccc4-n4c5ccccc5c5c6sc7c(-c8ccc(-c9ccccc9)cc8)cccc7c6ccc54)n3)cc2)cc1. The van der Waals surface area contributed by atoms with Crippen molar-refractivity contribution in [3.8, 4) is 73.2 Å². The van der Waals surface area contributed by atoms with Crippen molar-refractivity contribution >= 4 is 53.3 Å². The van der Waals surface area contributed by atoms with E-state index in [-0.39, 0.29) is 0 Å². The number of aromatic nitrogens is 4. The number of rotatable bonds is 7. The van der Waals surface area contributed by atoms with Crippen molar-refractivity contribution in [2.24, 2.45) is 0 Å². The van der Waals surface area contributed by atoms with Gasteiger partial charge in [-0.1, -0.05) is 194 Å². The highest BCUT2D eigenvalue weighted by molar-refractivity contribution is 7.27. The third-order valence-corrected chi connectivity index (χ3v) is 13.2. The van der Waals surface area contributed by atoms with E-state index in [1.807, 2.05) is 35.6 Å². The van der Waals surface area contributed by atoms with Crippen LogP contribution in [-0.4, -0.2) is 19.5 Å². The number of thiophene rings is 1. The quantitative estimate of drug-likeness (QED) is 0.161. The highest BCUT2D eigenvalue weighted by atomic mass is 32.1. The lowest BCUT2D eigenvalue weighted by atomic mass is 9.99. The van der Waals surface area contributed by atoms with Crippen LogP contribution in [0.5, 0.6) is 0 Å². The van der Waals surface area contributed by atoms with Gasteiger partial charge in [-0.2, -0.15) is 0 Å². The molecular weight excluding hydrogens is 773 g/mol. The average Bonchev–Trinajstić information content (AvgIpc) is 3.91. The average molecular weight is 809 g/mol. The summed E-state index contributed by atoms with van der Waals surface area (Å²) < 4.78 is 4.97. The molecule has 0 saturated carbocycles. The van der Waals surface area contributed by atoms with Gasteiger partial charge in [-0.3, -0.25) is 0 Å². The minimum Gasteiger partial charge on any atom is -0.308 e. The van der Waals surface area contributed by atoms with Crippen LogP contribution < -0.4 is 0 Å². The molecule has 3 aromatic heterocycles. The molecule has 0 fully saturated rings. The Hall–Kier alpha value is -7.99. The van der Waals surface area contributed by atoms with Gasteiger partial charge in [-0.05, 0) is 57.6 Å². The van der Waals surface area contributed by atoms with E-state index in [2.05, 4.69) is 199 Å². The molecule has 0 amide bonds. The van der Waals surface area contributed by atoms with E-state index in [1.54, 1.807) is 0 Å². The fraction of sp³-hybridized carbons (Fsp3) is 0. The van der Waals surface area contributed by atoms with Gasteiger partial charge in [0.2, 0.25) is 0 Å². The van der Waals surface area contributed by atoms with Gasteiger partial charge in [-0.25, -0.2) is 15.0 Å². The van der Waals surface area contributed by atoms with Crippen molar-refractivity contribution in [1.29, 1.82) is 0 Å². The zero-order chi connectivity index (χ0) is 41.0. The lowest BCUT2D eigenvalue weighted by Crippen LogP contribution is -2.03. The fourth-order valence-corrected chi connectivity index (χ4v) is 10.3. The summed E-state index contributed by atoms with van der Waals surface area (Å²) in [6, 6.07) is 77.3. The van der Waals surface area contributed by atoms with Crippen LogP contribution in [0.15, 0.2) is 218 Å². The summed E-state index contributed by atoms with van der Waals surface area (Å²) >= 11 is 1.89. The summed E-state index contributed by atoms with van der Waals surface area (Å²) in [4.78, 5) is 15.5. The second-order valence-electron chi connectivity index (χ2n) is 15.5. The zero-order valence-electron chi connectivity index (χ0n) is 33.5. The third-order valence-electron chi connectivity index (χ3n) is 11.9. The summed E-state index contributed by atoms with van der Waals surface area (Å²) in [7, 11) is 0. The Morgan fingerprint density at radius 3 is 1.44 bits per heavy atom. The standard InChI is InChI=1S/C57H36N4S/c1-4-15-37(16-5-1)39-27-31-41(32-28-39)44-23-14-24-45-46-35-36-51-52(54(46)62-53(44)45)47-21-10-12-25-49(47)61(51)50-26-13-11-22-48(50)57-59-55(42-19-8-3-9-20-42)58-56(60-57)43-33-29-40(30-34-43)38-17-6-2-7-18-38/h1-36H. The summed E-state index contributed by atoms with van der Waals surface area (Å²) in [6.45, 7) is 0. The second kappa shape index (κ2) is 14.9. The molecule has 290 valence electrons. The van der Waals surface area contributed by atoms with Crippen LogP contribution in [0.3, 0.4) is 0 Å². The third kappa shape index (κ3) is 6.09. The van der Waals surface area contributed by atoms with Crippen LogP contribution in [0.4, 0.5) is 0 Å². The van der Waals surface area contributed by atoms with E-state index < -0.39 is 0 Å². The summed E-state index contributed by atoms with van der Waals surface area (Å²) in [5, 5.41) is 5.00. The lowest BCUT2D eigenvalue weighted by Gasteiger charge is -2.14. The molecule has 12 rings (SSSR count). The van der Waals surface area contributed by atoms with Crippen molar-refractivity contribution in [1.82, 2.24) is 19.5 Å². The van der Waals surface area contributed by atoms with Crippen LogP contribution in [-0.2, 0) is 0 Å². The molecule has 0 bridgehead atoms. The molecule has 0 radical (unpaired) electrons. The van der Waals surface area contributed by atoms with Crippen LogP contribution >= 0.6 is 11.3 Å². The summed E-state index contributed by atoms with van der Waals surface area (Å²) in [5.41, 5.74) is 13.3. The van der Waals surface area contributed by atoms with Gasteiger partial charge < -0.3 is 4.57 Å². The molecule has 0 aliphatic carbocycles. The van der Waals surface area contributed by atoms with Crippen LogP contribution in [0.2, 0.25) is 0 Å². The topological polar surface area (TPSA) is 43.6 Å². The Balaban J connectivity index is 1.03. The largest absolute Gasteiger partial charge is 0.308 e. The Morgan fingerprint density at radius 2 is 0.758 bits per heavy atom. The summed E-state index contributed by atoms with van der Waals surface area (Å²) in [5.74, 6) is 1.88. The number of benzene rings is 9. The van der Waals surface area contributed by atoms with Gasteiger partial charge in [0.1, 0.15) is 0 Å². The van der Waals surface area contributed by atoms with E-state index in [4.69, 9.17) is 15.0 Å². The maximum Gasteiger partial charge on any atom is 0.166 e. The minimum absolute atomic E-state index is 0.619.